The molecule has 0 saturated carbocycles. The minimum atomic E-state index is -0.946. The summed E-state index contributed by atoms with van der Waals surface area (Å²) in [4.78, 5) is 43.0. The van der Waals surface area contributed by atoms with Crippen LogP contribution in [0.5, 0.6) is 0 Å². The SMILES string of the molecule is O=C1OCC[C@@H]1NC(=O)[C@H](Cc1ccccc1)n1cnc(-c2cc(Cl)ccc2-n2cc(Cl)nn2)cc1=O. The largest absolute Gasteiger partial charge is 0.464 e. The highest BCUT2D eigenvalue weighted by Gasteiger charge is 2.32. The van der Waals surface area contributed by atoms with Gasteiger partial charge in [0.15, 0.2) is 5.15 Å². The molecule has 2 atom stereocenters. The normalized spacial score (nSPS) is 15.8. The lowest BCUT2D eigenvalue weighted by molar-refractivity contribution is -0.141. The summed E-state index contributed by atoms with van der Waals surface area (Å²) in [7, 11) is 0. The third kappa shape index (κ3) is 5.40. The summed E-state index contributed by atoms with van der Waals surface area (Å²) < 4.78 is 7.66. The van der Waals surface area contributed by atoms with Gasteiger partial charge >= 0.3 is 5.97 Å². The number of benzene rings is 2. The van der Waals surface area contributed by atoms with Crippen LogP contribution in [-0.4, -0.2) is 49.1 Å². The molecular formula is C25H20Cl2N6O4. The molecule has 4 aromatic rings. The molecule has 3 heterocycles. The summed E-state index contributed by atoms with van der Waals surface area (Å²) in [6.07, 6.45) is 3.43. The van der Waals surface area contributed by atoms with Gasteiger partial charge in [0.2, 0.25) is 5.91 Å². The molecule has 0 unspecified atom stereocenters. The van der Waals surface area contributed by atoms with Crippen LogP contribution >= 0.6 is 23.2 Å². The first-order valence-electron chi connectivity index (χ1n) is 11.4. The number of ether oxygens (including phenoxy) is 1. The van der Waals surface area contributed by atoms with Gasteiger partial charge in [-0.15, -0.1) is 5.10 Å². The lowest BCUT2D eigenvalue weighted by atomic mass is 10.0. The number of aromatic nitrogens is 5. The van der Waals surface area contributed by atoms with E-state index in [0.717, 1.165) is 5.56 Å². The van der Waals surface area contributed by atoms with E-state index in [-0.39, 0.29) is 18.2 Å². The summed E-state index contributed by atoms with van der Waals surface area (Å²) in [5.41, 5.74) is 1.79. The molecule has 12 heteroatoms. The predicted molar refractivity (Wildman–Crippen MR) is 136 cm³/mol. The summed E-state index contributed by atoms with van der Waals surface area (Å²) in [6.45, 7) is 0.238. The average Bonchev–Trinajstić information content (AvgIpc) is 3.51. The van der Waals surface area contributed by atoms with E-state index in [2.05, 4.69) is 20.6 Å². The Balaban J connectivity index is 1.52. The first kappa shape index (κ1) is 24.7. The van der Waals surface area contributed by atoms with Crippen LogP contribution < -0.4 is 10.9 Å². The Hall–Kier alpha value is -4.02. The van der Waals surface area contributed by atoms with Crippen molar-refractivity contribution in [3.63, 3.8) is 0 Å². The number of esters is 1. The molecule has 2 aromatic carbocycles. The van der Waals surface area contributed by atoms with Crippen LogP contribution in [0.2, 0.25) is 10.2 Å². The number of carbonyl (C=O) groups excluding carboxylic acids is 2. The van der Waals surface area contributed by atoms with Gasteiger partial charge in [-0.2, -0.15) is 0 Å². The van der Waals surface area contributed by atoms with Gasteiger partial charge in [0, 0.05) is 29.5 Å². The molecule has 0 spiro atoms. The van der Waals surface area contributed by atoms with Gasteiger partial charge in [0.25, 0.3) is 5.56 Å². The third-order valence-corrected chi connectivity index (χ3v) is 6.35. The predicted octanol–water partition coefficient (Wildman–Crippen LogP) is 3.01. The van der Waals surface area contributed by atoms with E-state index in [1.807, 2.05) is 30.3 Å². The van der Waals surface area contributed by atoms with E-state index < -0.39 is 29.5 Å². The molecule has 0 aliphatic carbocycles. The van der Waals surface area contributed by atoms with Crippen molar-refractivity contribution in [1.29, 1.82) is 0 Å². The Kier molecular flexibility index (Phi) is 7.02. The molecule has 0 bridgehead atoms. The first-order valence-corrected chi connectivity index (χ1v) is 12.1. The number of hydrogen-bond donors (Lipinski definition) is 1. The third-order valence-electron chi connectivity index (χ3n) is 5.94. The van der Waals surface area contributed by atoms with E-state index in [0.29, 0.717) is 28.4 Å². The monoisotopic (exact) mass is 538 g/mol. The van der Waals surface area contributed by atoms with Gasteiger partial charge in [-0.1, -0.05) is 58.7 Å². The standard InChI is InChI=1S/C25H20Cl2N6O4/c26-16-6-7-20(33-13-22(27)30-31-33)17(11-16)19-12-23(34)32(14-28-19)21(10-15-4-2-1-3-5-15)24(35)29-18-8-9-37-25(18)36/h1-7,11-14,18,21H,8-10H2,(H,29,35)/t18-,21-/m0/s1. The van der Waals surface area contributed by atoms with Gasteiger partial charge in [0.05, 0.1) is 30.5 Å². The maximum absolute atomic E-state index is 13.4. The van der Waals surface area contributed by atoms with Gasteiger partial charge in [-0.05, 0) is 23.8 Å². The minimum absolute atomic E-state index is 0.199. The summed E-state index contributed by atoms with van der Waals surface area (Å²) >= 11 is 12.2. The fourth-order valence-corrected chi connectivity index (χ4v) is 4.41. The van der Waals surface area contributed by atoms with Crippen molar-refractivity contribution in [2.75, 3.05) is 6.61 Å². The van der Waals surface area contributed by atoms with Crippen molar-refractivity contribution in [2.24, 2.45) is 0 Å². The maximum atomic E-state index is 13.4. The molecule has 1 fully saturated rings. The van der Waals surface area contributed by atoms with Crippen LogP contribution in [0.25, 0.3) is 16.9 Å². The van der Waals surface area contributed by atoms with Crippen LogP contribution in [0.3, 0.4) is 0 Å². The lowest BCUT2D eigenvalue weighted by Crippen LogP contribution is -2.44. The molecule has 1 saturated heterocycles. The van der Waals surface area contributed by atoms with Crippen molar-refractivity contribution >= 4 is 35.1 Å². The number of nitrogens with zero attached hydrogens (tertiary/aromatic N) is 5. The smallest absolute Gasteiger partial charge is 0.328 e. The van der Waals surface area contributed by atoms with Gasteiger partial charge < -0.3 is 10.1 Å². The quantitative estimate of drug-likeness (QED) is 0.359. The second-order valence-corrected chi connectivity index (χ2v) is 9.21. The molecule has 188 valence electrons. The van der Waals surface area contributed by atoms with Gasteiger partial charge in [-0.3, -0.25) is 14.2 Å². The zero-order valence-electron chi connectivity index (χ0n) is 19.3. The van der Waals surface area contributed by atoms with Crippen LogP contribution in [-0.2, 0) is 20.7 Å². The Morgan fingerprint density at radius 1 is 1.14 bits per heavy atom. The number of rotatable bonds is 7. The van der Waals surface area contributed by atoms with Crippen molar-refractivity contribution in [3.8, 4) is 16.9 Å². The van der Waals surface area contributed by atoms with Crippen LogP contribution in [0.4, 0.5) is 0 Å². The number of nitrogens with one attached hydrogen (secondary N) is 1. The fourth-order valence-electron chi connectivity index (χ4n) is 4.12. The highest BCUT2D eigenvalue weighted by molar-refractivity contribution is 6.31. The zero-order chi connectivity index (χ0) is 25.9. The summed E-state index contributed by atoms with van der Waals surface area (Å²) in [5, 5.41) is 11.1. The van der Waals surface area contributed by atoms with Crippen molar-refractivity contribution in [1.82, 2.24) is 29.9 Å². The van der Waals surface area contributed by atoms with E-state index in [1.54, 1.807) is 18.2 Å². The van der Waals surface area contributed by atoms with Crippen molar-refractivity contribution in [3.05, 3.63) is 93.2 Å². The van der Waals surface area contributed by atoms with E-state index in [4.69, 9.17) is 27.9 Å². The molecular weight excluding hydrogens is 519 g/mol. The number of carbonyl (C=O) groups is 2. The highest BCUT2D eigenvalue weighted by Crippen LogP contribution is 2.28. The Morgan fingerprint density at radius 3 is 2.62 bits per heavy atom. The molecule has 5 rings (SSSR count). The minimum Gasteiger partial charge on any atom is -0.464 e. The second kappa shape index (κ2) is 10.5. The molecule has 1 aliphatic heterocycles. The van der Waals surface area contributed by atoms with E-state index in [1.165, 1.54) is 27.8 Å². The molecule has 1 aliphatic rings. The molecule has 37 heavy (non-hydrogen) atoms. The fraction of sp³-hybridized carbons (Fsp3) is 0.200. The number of halogens is 2. The topological polar surface area (TPSA) is 121 Å². The summed E-state index contributed by atoms with van der Waals surface area (Å²) in [6, 6.07) is 13.9. The molecule has 1 N–H and O–H groups in total. The summed E-state index contributed by atoms with van der Waals surface area (Å²) in [5.74, 6) is -0.973. The number of cyclic esters (lactones) is 1. The van der Waals surface area contributed by atoms with Crippen molar-refractivity contribution < 1.29 is 14.3 Å². The number of hydrogen-bond acceptors (Lipinski definition) is 7. The molecule has 2 aromatic heterocycles. The highest BCUT2D eigenvalue weighted by atomic mass is 35.5. The molecule has 10 nitrogen and oxygen atoms in total. The lowest BCUT2D eigenvalue weighted by Gasteiger charge is -2.21. The van der Waals surface area contributed by atoms with Crippen LogP contribution in [0, 0.1) is 0 Å². The Morgan fingerprint density at radius 2 is 1.95 bits per heavy atom. The van der Waals surface area contributed by atoms with Gasteiger partial charge in [-0.25, -0.2) is 14.5 Å². The van der Waals surface area contributed by atoms with Crippen LogP contribution in [0.15, 0.2) is 71.9 Å². The Bertz CT molecular complexity index is 1520. The zero-order valence-corrected chi connectivity index (χ0v) is 20.8. The maximum Gasteiger partial charge on any atom is 0.328 e. The molecule has 0 radical (unpaired) electrons. The second-order valence-electron chi connectivity index (χ2n) is 8.39. The first-order chi connectivity index (χ1) is 17.9. The molecule has 1 amide bonds. The number of amides is 1. The van der Waals surface area contributed by atoms with E-state index >= 15 is 0 Å². The average molecular weight is 539 g/mol. The Labute approximate surface area is 220 Å². The van der Waals surface area contributed by atoms with E-state index in [9.17, 15) is 14.4 Å². The van der Waals surface area contributed by atoms with Crippen molar-refractivity contribution in [2.45, 2.75) is 24.9 Å². The van der Waals surface area contributed by atoms with Crippen LogP contribution in [0.1, 0.15) is 18.0 Å². The van der Waals surface area contributed by atoms with Gasteiger partial charge in [0.1, 0.15) is 12.1 Å².